The lowest BCUT2D eigenvalue weighted by Crippen LogP contribution is -1.95. The SMILES string of the molecule is COc1cccc2sc(/N=C/c3ccc(C(=O)O)cc3)nc12. The topological polar surface area (TPSA) is 71.8 Å². The second-order valence-corrected chi connectivity index (χ2v) is 5.50. The molecule has 1 N–H and O–H groups in total. The molecule has 1 heterocycles. The highest BCUT2D eigenvalue weighted by atomic mass is 32.1. The van der Waals surface area contributed by atoms with Crippen molar-refractivity contribution < 1.29 is 14.6 Å². The number of hydrogen-bond acceptors (Lipinski definition) is 5. The van der Waals surface area contributed by atoms with Gasteiger partial charge in [0.1, 0.15) is 11.3 Å². The van der Waals surface area contributed by atoms with Crippen LogP contribution in [-0.2, 0) is 0 Å². The van der Waals surface area contributed by atoms with E-state index in [1.807, 2.05) is 18.2 Å². The summed E-state index contributed by atoms with van der Waals surface area (Å²) in [5.74, 6) is -0.220. The van der Waals surface area contributed by atoms with Crippen LogP contribution in [0.1, 0.15) is 15.9 Å². The summed E-state index contributed by atoms with van der Waals surface area (Å²) >= 11 is 1.47. The van der Waals surface area contributed by atoms with Gasteiger partial charge >= 0.3 is 5.97 Å². The van der Waals surface area contributed by atoms with E-state index in [9.17, 15) is 4.79 Å². The van der Waals surface area contributed by atoms with Crippen molar-refractivity contribution in [1.29, 1.82) is 0 Å². The first-order valence-corrected chi connectivity index (χ1v) is 7.30. The van der Waals surface area contributed by atoms with Crippen molar-refractivity contribution in [2.45, 2.75) is 0 Å². The van der Waals surface area contributed by atoms with Gasteiger partial charge in [0.25, 0.3) is 0 Å². The lowest BCUT2D eigenvalue weighted by molar-refractivity contribution is 0.0697. The van der Waals surface area contributed by atoms with Gasteiger partial charge < -0.3 is 9.84 Å². The number of rotatable bonds is 4. The van der Waals surface area contributed by atoms with Gasteiger partial charge in [0, 0.05) is 6.21 Å². The molecule has 3 rings (SSSR count). The summed E-state index contributed by atoms with van der Waals surface area (Å²) in [6.07, 6.45) is 1.66. The third-order valence-electron chi connectivity index (χ3n) is 3.07. The van der Waals surface area contributed by atoms with E-state index in [0.29, 0.717) is 5.13 Å². The summed E-state index contributed by atoms with van der Waals surface area (Å²) in [5.41, 5.74) is 1.86. The van der Waals surface area contributed by atoms with Gasteiger partial charge in [0.05, 0.1) is 17.4 Å². The van der Waals surface area contributed by atoms with E-state index < -0.39 is 5.97 Å². The van der Waals surface area contributed by atoms with Gasteiger partial charge in [-0.05, 0) is 29.8 Å². The van der Waals surface area contributed by atoms with Crippen LogP contribution >= 0.6 is 11.3 Å². The number of aromatic carboxylic acids is 1. The molecule has 0 aliphatic heterocycles. The minimum atomic E-state index is -0.943. The smallest absolute Gasteiger partial charge is 0.335 e. The maximum Gasteiger partial charge on any atom is 0.335 e. The van der Waals surface area contributed by atoms with Crippen molar-refractivity contribution in [2.75, 3.05) is 7.11 Å². The average molecular weight is 312 g/mol. The largest absolute Gasteiger partial charge is 0.494 e. The van der Waals surface area contributed by atoms with Crippen LogP contribution in [0.2, 0.25) is 0 Å². The number of carbonyl (C=O) groups is 1. The maximum absolute atomic E-state index is 10.8. The Hall–Kier alpha value is -2.73. The Morgan fingerprint density at radius 2 is 2.05 bits per heavy atom. The van der Waals surface area contributed by atoms with Crippen molar-refractivity contribution in [3.63, 3.8) is 0 Å². The maximum atomic E-state index is 10.8. The molecule has 110 valence electrons. The highest BCUT2D eigenvalue weighted by Gasteiger charge is 2.07. The standard InChI is InChI=1S/C16H12N2O3S/c1-21-12-3-2-4-13-14(12)18-16(22-13)17-9-10-5-7-11(8-6-10)15(19)20/h2-9H,1H3,(H,19,20)/b17-9+. The number of carboxylic acids is 1. The number of methoxy groups -OCH3 is 1. The Morgan fingerprint density at radius 1 is 1.27 bits per heavy atom. The molecule has 0 spiro atoms. The molecule has 22 heavy (non-hydrogen) atoms. The molecule has 2 aromatic carbocycles. The lowest BCUT2D eigenvalue weighted by atomic mass is 10.1. The predicted octanol–water partition coefficient (Wildman–Crippen LogP) is 3.75. The molecule has 6 heteroatoms. The zero-order valence-electron chi connectivity index (χ0n) is 11.7. The van der Waals surface area contributed by atoms with E-state index in [2.05, 4.69) is 9.98 Å². The number of hydrogen-bond donors (Lipinski definition) is 1. The van der Waals surface area contributed by atoms with Crippen LogP contribution in [0.5, 0.6) is 5.75 Å². The van der Waals surface area contributed by atoms with Crippen molar-refractivity contribution >= 4 is 38.9 Å². The lowest BCUT2D eigenvalue weighted by Gasteiger charge is -1.97. The van der Waals surface area contributed by atoms with Crippen LogP contribution in [0.15, 0.2) is 47.5 Å². The molecule has 0 bridgehead atoms. The van der Waals surface area contributed by atoms with E-state index >= 15 is 0 Å². The van der Waals surface area contributed by atoms with Crippen LogP contribution < -0.4 is 4.74 Å². The Kier molecular flexibility index (Phi) is 3.84. The van der Waals surface area contributed by atoms with Crippen molar-refractivity contribution in [3.8, 4) is 5.75 Å². The normalized spacial score (nSPS) is 11.1. The zero-order valence-corrected chi connectivity index (χ0v) is 12.5. The molecule has 0 aliphatic carbocycles. The van der Waals surface area contributed by atoms with Crippen LogP contribution in [0.3, 0.4) is 0 Å². The predicted molar refractivity (Wildman–Crippen MR) is 86.8 cm³/mol. The third kappa shape index (κ3) is 2.82. The molecule has 0 saturated heterocycles. The summed E-state index contributed by atoms with van der Waals surface area (Å²) in [5, 5.41) is 9.49. The van der Waals surface area contributed by atoms with Crippen molar-refractivity contribution in [2.24, 2.45) is 4.99 Å². The molecular weight excluding hydrogens is 300 g/mol. The van der Waals surface area contributed by atoms with Gasteiger partial charge in [-0.15, -0.1) is 0 Å². The third-order valence-corrected chi connectivity index (χ3v) is 4.00. The molecule has 3 aromatic rings. The average Bonchev–Trinajstić information content (AvgIpc) is 2.96. The number of carboxylic acid groups (broad SMARTS) is 1. The zero-order chi connectivity index (χ0) is 15.5. The van der Waals surface area contributed by atoms with E-state index in [1.54, 1.807) is 37.6 Å². The molecule has 0 amide bonds. The molecule has 0 radical (unpaired) electrons. The summed E-state index contributed by atoms with van der Waals surface area (Å²) in [6.45, 7) is 0. The molecule has 0 saturated carbocycles. The van der Waals surface area contributed by atoms with Crippen LogP contribution in [0.25, 0.3) is 10.2 Å². The number of nitrogens with zero attached hydrogens (tertiary/aromatic N) is 2. The highest BCUT2D eigenvalue weighted by molar-refractivity contribution is 7.22. The summed E-state index contributed by atoms with van der Waals surface area (Å²) in [6, 6.07) is 12.3. The Morgan fingerprint density at radius 3 is 2.73 bits per heavy atom. The van der Waals surface area contributed by atoms with Crippen LogP contribution in [-0.4, -0.2) is 29.4 Å². The van der Waals surface area contributed by atoms with E-state index in [1.165, 1.54) is 11.3 Å². The molecule has 0 atom stereocenters. The molecule has 1 aromatic heterocycles. The molecule has 0 aliphatic rings. The molecule has 0 unspecified atom stereocenters. The summed E-state index contributed by atoms with van der Waals surface area (Å²) < 4.78 is 6.28. The second-order valence-electron chi connectivity index (χ2n) is 4.49. The van der Waals surface area contributed by atoms with Gasteiger partial charge in [0.15, 0.2) is 0 Å². The van der Waals surface area contributed by atoms with Gasteiger partial charge in [-0.2, -0.15) is 0 Å². The Balaban J connectivity index is 1.87. The molecular formula is C16H12N2O3S. The summed E-state index contributed by atoms with van der Waals surface area (Å²) in [4.78, 5) is 19.6. The fourth-order valence-electron chi connectivity index (χ4n) is 1.97. The minimum absolute atomic E-state index is 0.252. The van der Waals surface area contributed by atoms with Crippen LogP contribution in [0.4, 0.5) is 5.13 Å². The van der Waals surface area contributed by atoms with Crippen LogP contribution in [0, 0.1) is 0 Å². The fraction of sp³-hybridized carbons (Fsp3) is 0.0625. The van der Waals surface area contributed by atoms with Crippen molar-refractivity contribution in [3.05, 3.63) is 53.6 Å². The van der Waals surface area contributed by atoms with Gasteiger partial charge in [0.2, 0.25) is 5.13 Å². The Bertz CT molecular complexity index is 853. The van der Waals surface area contributed by atoms with E-state index in [0.717, 1.165) is 21.5 Å². The molecule has 5 nitrogen and oxygen atoms in total. The quantitative estimate of drug-likeness (QED) is 0.745. The van der Waals surface area contributed by atoms with Gasteiger partial charge in [-0.25, -0.2) is 14.8 Å². The summed E-state index contributed by atoms with van der Waals surface area (Å²) in [7, 11) is 1.61. The first kappa shape index (κ1) is 14.2. The fourth-order valence-corrected chi connectivity index (χ4v) is 2.80. The number of benzene rings is 2. The Labute approximate surface area is 130 Å². The highest BCUT2D eigenvalue weighted by Crippen LogP contribution is 2.33. The molecule has 0 fully saturated rings. The number of para-hydroxylation sites is 1. The van der Waals surface area contributed by atoms with Gasteiger partial charge in [-0.3, -0.25) is 0 Å². The van der Waals surface area contributed by atoms with Crippen molar-refractivity contribution in [1.82, 2.24) is 4.98 Å². The second kappa shape index (κ2) is 5.95. The number of aromatic nitrogens is 1. The minimum Gasteiger partial charge on any atom is -0.494 e. The van der Waals surface area contributed by atoms with E-state index in [4.69, 9.17) is 9.84 Å². The first-order chi connectivity index (χ1) is 10.7. The van der Waals surface area contributed by atoms with E-state index in [-0.39, 0.29) is 5.56 Å². The monoisotopic (exact) mass is 312 g/mol. The number of aliphatic imine (C=N–C) groups is 1. The van der Waals surface area contributed by atoms with Gasteiger partial charge in [-0.1, -0.05) is 29.5 Å². The number of thiazole rings is 1. The number of ether oxygens (including phenoxy) is 1. The number of fused-ring (bicyclic) bond motifs is 1. The first-order valence-electron chi connectivity index (χ1n) is 6.48.